The van der Waals surface area contributed by atoms with Crippen LogP contribution in [0, 0.1) is 0 Å². The molecule has 2 N–H and O–H groups in total. The average Bonchev–Trinajstić information content (AvgIpc) is 2.88. The molecule has 0 aromatic heterocycles. The molecule has 0 saturated carbocycles. The third kappa shape index (κ3) is 4.00. The fraction of sp³-hybridized carbons (Fsp3) is 0.263. The number of anilines is 1. The third-order valence-electron chi connectivity index (χ3n) is 4.11. The molecule has 0 aliphatic carbocycles. The van der Waals surface area contributed by atoms with Gasteiger partial charge >= 0.3 is 0 Å². The number of nitrogens with two attached hydrogens (primary N) is 1. The lowest BCUT2D eigenvalue weighted by Crippen LogP contribution is -2.90. The number of benzene rings is 2. The highest BCUT2D eigenvalue weighted by Gasteiger charge is 2.42. The molecular weight excluding hydrogens is 340 g/mol. The Kier molecular flexibility index (Phi) is 5.36. The minimum atomic E-state index is -0.405. The number of quaternary nitrogens is 1. The van der Waals surface area contributed by atoms with E-state index in [1.165, 1.54) is 4.90 Å². The van der Waals surface area contributed by atoms with Crippen molar-refractivity contribution in [3.63, 3.8) is 0 Å². The maximum Gasteiger partial charge on any atom is 0.292 e. The van der Waals surface area contributed by atoms with Crippen molar-refractivity contribution in [2.24, 2.45) is 0 Å². The fourth-order valence-electron chi connectivity index (χ4n) is 2.91. The van der Waals surface area contributed by atoms with Crippen molar-refractivity contribution in [2.75, 3.05) is 11.5 Å². The molecule has 25 heavy (non-hydrogen) atoms. The second kappa shape index (κ2) is 7.68. The highest BCUT2D eigenvalue weighted by molar-refractivity contribution is 6.30. The van der Waals surface area contributed by atoms with E-state index >= 15 is 0 Å². The van der Waals surface area contributed by atoms with Gasteiger partial charge in [0.25, 0.3) is 5.91 Å². The van der Waals surface area contributed by atoms with Crippen molar-refractivity contribution < 1.29 is 19.6 Å². The number of carbonyl (C=O) groups excluding carboxylic acids is 2. The summed E-state index contributed by atoms with van der Waals surface area (Å²) in [5, 5.41) is 2.55. The highest BCUT2D eigenvalue weighted by atomic mass is 35.5. The predicted octanol–water partition coefficient (Wildman–Crippen LogP) is 2.13. The van der Waals surface area contributed by atoms with E-state index in [4.69, 9.17) is 16.3 Å². The molecule has 2 aromatic rings. The smallest absolute Gasteiger partial charge is 0.292 e. The third-order valence-corrected chi connectivity index (χ3v) is 4.35. The molecule has 0 bridgehead atoms. The van der Waals surface area contributed by atoms with Crippen LogP contribution >= 0.6 is 11.6 Å². The van der Waals surface area contributed by atoms with E-state index < -0.39 is 6.04 Å². The van der Waals surface area contributed by atoms with Crippen LogP contribution < -0.4 is 15.0 Å². The number of hydrogen-bond acceptors (Lipinski definition) is 3. The van der Waals surface area contributed by atoms with Crippen LogP contribution in [0.1, 0.15) is 18.9 Å². The Morgan fingerprint density at radius 2 is 1.96 bits per heavy atom. The lowest BCUT2D eigenvalue weighted by atomic mass is 10.2. The van der Waals surface area contributed by atoms with Crippen LogP contribution in [0.25, 0.3) is 0 Å². The van der Waals surface area contributed by atoms with Gasteiger partial charge in [0.05, 0.1) is 18.7 Å². The molecular formula is C19H20ClN2O3+. The fourth-order valence-corrected chi connectivity index (χ4v) is 3.12. The average molecular weight is 360 g/mol. The van der Waals surface area contributed by atoms with Crippen molar-refractivity contribution in [2.45, 2.75) is 25.9 Å². The molecule has 0 unspecified atom stereocenters. The van der Waals surface area contributed by atoms with Crippen molar-refractivity contribution in [1.82, 2.24) is 0 Å². The van der Waals surface area contributed by atoms with Gasteiger partial charge in [0, 0.05) is 10.6 Å². The van der Waals surface area contributed by atoms with E-state index in [0.29, 0.717) is 23.9 Å². The van der Waals surface area contributed by atoms with Gasteiger partial charge in [0.15, 0.2) is 6.04 Å². The van der Waals surface area contributed by atoms with E-state index in [-0.39, 0.29) is 18.2 Å². The van der Waals surface area contributed by atoms with Crippen LogP contribution in [-0.2, 0) is 16.1 Å². The molecule has 6 heteroatoms. The monoisotopic (exact) mass is 359 g/mol. The van der Waals surface area contributed by atoms with Crippen LogP contribution in [0.2, 0.25) is 5.02 Å². The van der Waals surface area contributed by atoms with Gasteiger partial charge in [0.1, 0.15) is 12.3 Å². The minimum Gasteiger partial charge on any atom is -0.494 e. The molecule has 0 radical (unpaired) electrons. The quantitative estimate of drug-likeness (QED) is 0.804. The minimum absolute atomic E-state index is 0.179. The van der Waals surface area contributed by atoms with E-state index in [9.17, 15) is 9.59 Å². The van der Waals surface area contributed by atoms with Crippen molar-refractivity contribution in [3.8, 4) is 5.75 Å². The Morgan fingerprint density at radius 3 is 2.64 bits per heavy atom. The molecule has 2 aromatic carbocycles. The zero-order chi connectivity index (χ0) is 17.8. The molecule has 1 aliphatic rings. The van der Waals surface area contributed by atoms with Gasteiger partial charge < -0.3 is 10.1 Å². The van der Waals surface area contributed by atoms with Gasteiger partial charge in [-0.25, -0.2) is 4.90 Å². The van der Waals surface area contributed by atoms with E-state index in [1.807, 2.05) is 36.5 Å². The first-order valence-electron chi connectivity index (χ1n) is 8.26. The van der Waals surface area contributed by atoms with Crippen LogP contribution in [0.15, 0.2) is 48.5 Å². The molecule has 1 saturated heterocycles. The summed E-state index contributed by atoms with van der Waals surface area (Å²) in [6.07, 6.45) is 0.201. The SMILES string of the molecule is CCOc1ccc(N2C(=O)C[C@H]([NH2+]Cc3cccc(Cl)c3)C2=O)cc1. The molecule has 1 heterocycles. The van der Waals surface area contributed by atoms with E-state index in [1.54, 1.807) is 24.3 Å². The number of nitrogens with zero attached hydrogens (tertiary/aromatic N) is 1. The maximum atomic E-state index is 12.6. The van der Waals surface area contributed by atoms with Crippen LogP contribution in [0.4, 0.5) is 5.69 Å². The summed E-state index contributed by atoms with van der Waals surface area (Å²) >= 11 is 5.98. The Labute approximate surface area is 151 Å². The Balaban J connectivity index is 1.67. The summed E-state index contributed by atoms with van der Waals surface area (Å²) in [7, 11) is 0. The lowest BCUT2D eigenvalue weighted by Gasteiger charge is -2.15. The van der Waals surface area contributed by atoms with Gasteiger partial charge in [-0.05, 0) is 43.3 Å². The summed E-state index contributed by atoms with van der Waals surface area (Å²) in [6.45, 7) is 3.07. The Bertz CT molecular complexity index is 776. The van der Waals surface area contributed by atoms with Gasteiger partial charge in [-0.2, -0.15) is 0 Å². The first kappa shape index (κ1) is 17.5. The molecule has 1 fully saturated rings. The molecule has 2 amide bonds. The second-order valence-electron chi connectivity index (χ2n) is 5.87. The zero-order valence-corrected chi connectivity index (χ0v) is 14.7. The summed E-state index contributed by atoms with van der Waals surface area (Å²) in [6, 6.07) is 14.1. The largest absolute Gasteiger partial charge is 0.494 e. The number of imide groups is 1. The molecule has 5 nitrogen and oxygen atoms in total. The predicted molar refractivity (Wildman–Crippen MR) is 95.6 cm³/mol. The van der Waals surface area contributed by atoms with Crippen molar-refractivity contribution in [3.05, 3.63) is 59.1 Å². The standard InChI is InChI=1S/C19H19ClN2O3/c1-2-25-16-8-6-15(7-9-16)22-18(23)11-17(19(22)24)21-12-13-4-3-5-14(20)10-13/h3-10,17,21H,2,11-12H2,1H3/p+1/t17-/m0/s1. The summed E-state index contributed by atoms with van der Waals surface area (Å²) < 4.78 is 5.39. The Hall–Kier alpha value is -2.37. The summed E-state index contributed by atoms with van der Waals surface area (Å²) in [5.74, 6) is 0.354. The molecule has 1 aliphatic heterocycles. The van der Waals surface area contributed by atoms with Crippen LogP contribution in [0.3, 0.4) is 0 Å². The number of halogens is 1. The van der Waals surface area contributed by atoms with Gasteiger partial charge in [-0.1, -0.05) is 23.7 Å². The molecule has 3 rings (SSSR count). The molecule has 0 spiro atoms. The molecule has 130 valence electrons. The van der Waals surface area contributed by atoms with Crippen molar-refractivity contribution in [1.29, 1.82) is 0 Å². The Morgan fingerprint density at radius 1 is 1.20 bits per heavy atom. The highest BCUT2D eigenvalue weighted by Crippen LogP contribution is 2.24. The van der Waals surface area contributed by atoms with Gasteiger partial charge in [-0.15, -0.1) is 0 Å². The lowest BCUT2D eigenvalue weighted by molar-refractivity contribution is -0.690. The first-order chi connectivity index (χ1) is 12.1. The number of ether oxygens (including phenoxy) is 1. The number of hydrogen-bond donors (Lipinski definition) is 1. The van der Waals surface area contributed by atoms with Crippen LogP contribution in [-0.4, -0.2) is 24.5 Å². The maximum absolute atomic E-state index is 12.6. The number of carbonyl (C=O) groups is 2. The summed E-state index contributed by atoms with van der Waals surface area (Å²) in [4.78, 5) is 26.2. The summed E-state index contributed by atoms with van der Waals surface area (Å²) in [5.41, 5.74) is 1.60. The first-order valence-corrected chi connectivity index (χ1v) is 8.63. The number of rotatable bonds is 6. The normalized spacial score (nSPS) is 17.2. The second-order valence-corrected chi connectivity index (χ2v) is 6.31. The van der Waals surface area contributed by atoms with Crippen LogP contribution in [0.5, 0.6) is 5.75 Å². The van der Waals surface area contributed by atoms with Gasteiger partial charge in [-0.3, -0.25) is 9.59 Å². The zero-order valence-electron chi connectivity index (χ0n) is 13.9. The molecule has 1 atom stereocenters. The van der Waals surface area contributed by atoms with Crippen molar-refractivity contribution >= 4 is 29.1 Å². The number of amides is 2. The van der Waals surface area contributed by atoms with Gasteiger partial charge in [0.2, 0.25) is 5.91 Å². The topological polar surface area (TPSA) is 63.2 Å². The van der Waals surface area contributed by atoms with E-state index in [0.717, 1.165) is 11.3 Å². The van der Waals surface area contributed by atoms with E-state index in [2.05, 4.69) is 0 Å².